The molecule has 0 atom stereocenters. The Morgan fingerprint density at radius 1 is 1.32 bits per heavy atom. The van der Waals surface area contributed by atoms with Gasteiger partial charge in [-0.1, -0.05) is 6.07 Å². The molecule has 0 bridgehead atoms. The second-order valence-electron chi connectivity index (χ2n) is 4.14. The summed E-state index contributed by atoms with van der Waals surface area (Å²) < 4.78 is 0. The van der Waals surface area contributed by atoms with Crippen LogP contribution in [-0.2, 0) is 6.54 Å². The van der Waals surface area contributed by atoms with Gasteiger partial charge in [-0.05, 0) is 31.2 Å². The normalized spacial score (nSPS) is 10.0. The number of anilines is 1. The van der Waals surface area contributed by atoms with Crippen LogP contribution in [0.4, 0.5) is 5.82 Å². The van der Waals surface area contributed by atoms with E-state index < -0.39 is 0 Å². The zero-order valence-corrected chi connectivity index (χ0v) is 11.0. The number of amides is 1. The zero-order chi connectivity index (χ0) is 13.7. The van der Waals surface area contributed by atoms with Crippen LogP contribution in [0.1, 0.15) is 21.7 Å². The standard InChI is InChI=1S/C14H16N4O/c1-10-7-11(8-13(15-2)18-10)14(19)17-9-12-5-3-4-6-16-12/h3-8H,9H2,1-2H3,(H,15,18)(H,17,19). The van der Waals surface area contributed by atoms with Crippen LogP contribution in [0, 0.1) is 6.92 Å². The van der Waals surface area contributed by atoms with Crippen molar-refractivity contribution in [2.24, 2.45) is 0 Å². The smallest absolute Gasteiger partial charge is 0.251 e. The number of pyridine rings is 2. The van der Waals surface area contributed by atoms with Gasteiger partial charge in [0.2, 0.25) is 0 Å². The zero-order valence-electron chi connectivity index (χ0n) is 11.0. The number of carbonyl (C=O) groups is 1. The summed E-state index contributed by atoms with van der Waals surface area (Å²) >= 11 is 0. The maximum absolute atomic E-state index is 12.0. The van der Waals surface area contributed by atoms with Crippen molar-refractivity contribution in [2.75, 3.05) is 12.4 Å². The molecule has 0 fully saturated rings. The van der Waals surface area contributed by atoms with Gasteiger partial charge < -0.3 is 10.6 Å². The van der Waals surface area contributed by atoms with E-state index in [4.69, 9.17) is 0 Å². The second-order valence-corrected chi connectivity index (χ2v) is 4.14. The second kappa shape index (κ2) is 5.95. The summed E-state index contributed by atoms with van der Waals surface area (Å²) in [6.07, 6.45) is 1.71. The molecule has 5 nitrogen and oxygen atoms in total. The van der Waals surface area contributed by atoms with Crippen LogP contribution in [0.2, 0.25) is 0 Å². The first-order chi connectivity index (χ1) is 9.19. The first kappa shape index (κ1) is 13.0. The van der Waals surface area contributed by atoms with Crippen molar-refractivity contribution < 1.29 is 4.79 Å². The Morgan fingerprint density at radius 3 is 2.84 bits per heavy atom. The van der Waals surface area contributed by atoms with Crippen LogP contribution in [0.3, 0.4) is 0 Å². The number of carbonyl (C=O) groups excluding carboxylic acids is 1. The van der Waals surface area contributed by atoms with Crippen molar-refractivity contribution in [2.45, 2.75) is 13.5 Å². The van der Waals surface area contributed by atoms with E-state index in [9.17, 15) is 4.79 Å². The fourth-order valence-electron chi connectivity index (χ4n) is 1.70. The maximum Gasteiger partial charge on any atom is 0.251 e. The van der Waals surface area contributed by atoms with Crippen molar-refractivity contribution in [1.82, 2.24) is 15.3 Å². The Hall–Kier alpha value is -2.43. The highest BCUT2D eigenvalue weighted by Gasteiger charge is 2.08. The molecule has 0 aliphatic rings. The molecule has 2 N–H and O–H groups in total. The van der Waals surface area contributed by atoms with Gasteiger partial charge in [-0.3, -0.25) is 9.78 Å². The van der Waals surface area contributed by atoms with Crippen LogP contribution in [0.25, 0.3) is 0 Å². The van der Waals surface area contributed by atoms with Gasteiger partial charge in [-0.15, -0.1) is 0 Å². The van der Waals surface area contributed by atoms with Crippen molar-refractivity contribution >= 4 is 11.7 Å². The largest absolute Gasteiger partial charge is 0.373 e. The predicted molar refractivity (Wildman–Crippen MR) is 73.9 cm³/mol. The Morgan fingerprint density at radius 2 is 2.16 bits per heavy atom. The molecule has 0 saturated heterocycles. The molecule has 0 unspecified atom stereocenters. The highest BCUT2D eigenvalue weighted by atomic mass is 16.1. The lowest BCUT2D eigenvalue weighted by molar-refractivity contribution is 0.0950. The molecule has 0 spiro atoms. The molecular weight excluding hydrogens is 240 g/mol. The SMILES string of the molecule is CNc1cc(C(=O)NCc2ccccn2)cc(C)n1. The minimum Gasteiger partial charge on any atom is -0.373 e. The number of nitrogens with zero attached hydrogens (tertiary/aromatic N) is 2. The molecule has 1 amide bonds. The van der Waals surface area contributed by atoms with Crippen LogP contribution in [-0.4, -0.2) is 22.9 Å². The Bertz CT molecular complexity index is 569. The van der Waals surface area contributed by atoms with Crippen molar-refractivity contribution in [1.29, 1.82) is 0 Å². The maximum atomic E-state index is 12.0. The van der Waals surface area contributed by atoms with Gasteiger partial charge in [0.25, 0.3) is 5.91 Å². The van der Waals surface area contributed by atoms with Crippen LogP contribution >= 0.6 is 0 Å². The minimum atomic E-state index is -0.132. The number of rotatable bonds is 4. The molecule has 0 radical (unpaired) electrons. The quantitative estimate of drug-likeness (QED) is 0.874. The third kappa shape index (κ3) is 3.51. The molecular formula is C14H16N4O. The van der Waals surface area contributed by atoms with Gasteiger partial charge in [0, 0.05) is 24.5 Å². The molecule has 2 aromatic heterocycles. The monoisotopic (exact) mass is 256 g/mol. The number of aryl methyl sites for hydroxylation is 1. The van der Waals surface area contributed by atoms with Crippen LogP contribution in [0.15, 0.2) is 36.5 Å². The fourth-order valence-corrected chi connectivity index (χ4v) is 1.70. The van der Waals surface area contributed by atoms with Gasteiger partial charge in [0.15, 0.2) is 0 Å². The molecule has 0 saturated carbocycles. The van der Waals surface area contributed by atoms with E-state index in [1.165, 1.54) is 0 Å². The average Bonchev–Trinajstić information content (AvgIpc) is 2.45. The number of aromatic nitrogens is 2. The molecule has 98 valence electrons. The molecule has 2 aromatic rings. The summed E-state index contributed by atoms with van der Waals surface area (Å²) in [5.74, 6) is 0.552. The van der Waals surface area contributed by atoms with E-state index in [2.05, 4.69) is 20.6 Å². The topological polar surface area (TPSA) is 66.9 Å². The molecule has 2 heterocycles. The van der Waals surface area contributed by atoms with E-state index in [-0.39, 0.29) is 5.91 Å². The molecule has 0 aromatic carbocycles. The van der Waals surface area contributed by atoms with Gasteiger partial charge in [0.05, 0.1) is 12.2 Å². The summed E-state index contributed by atoms with van der Waals surface area (Å²) in [6, 6.07) is 9.09. The van der Waals surface area contributed by atoms with Crippen LogP contribution < -0.4 is 10.6 Å². The number of hydrogen-bond donors (Lipinski definition) is 2. The van der Waals surface area contributed by atoms with Crippen LogP contribution in [0.5, 0.6) is 0 Å². The van der Waals surface area contributed by atoms with E-state index in [0.717, 1.165) is 11.4 Å². The Balaban J connectivity index is 2.06. The molecule has 5 heteroatoms. The van der Waals surface area contributed by atoms with E-state index in [1.54, 1.807) is 25.4 Å². The van der Waals surface area contributed by atoms with E-state index >= 15 is 0 Å². The molecule has 0 aliphatic heterocycles. The third-order valence-electron chi connectivity index (χ3n) is 2.63. The Kier molecular flexibility index (Phi) is 4.07. The van der Waals surface area contributed by atoms with Crippen molar-refractivity contribution in [3.05, 3.63) is 53.5 Å². The summed E-state index contributed by atoms with van der Waals surface area (Å²) in [5.41, 5.74) is 2.22. The summed E-state index contributed by atoms with van der Waals surface area (Å²) in [6.45, 7) is 2.27. The summed E-state index contributed by atoms with van der Waals surface area (Å²) in [5, 5.41) is 5.77. The van der Waals surface area contributed by atoms with E-state index in [0.29, 0.717) is 17.9 Å². The lowest BCUT2D eigenvalue weighted by Crippen LogP contribution is -2.23. The summed E-state index contributed by atoms with van der Waals surface area (Å²) in [7, 11) is 1.78. The van der Waals surface area contributed by atoms with Gasteiger partial charge in [0.1, 0.15) is 5.82 Å². The summed E-state index contributed by atoms with van der Waals surface area (Å²) in [4.78, 5) is 20.4. The Labute approximate surface area is 112 Å². The highest BCUT2D eigenvalue weighted by Crippen LogP contribution is 2.09. The van der Waals surface area contributed by atoms with Crippen molar-refractivity contribution in [3.8, 4) is 0 Å². The highest BCUT2D eigenvalue weighted by molar-refractivity contribution is 5.94. The van der Waals surface area contributed by atoms with Gasteiger partial charge in [-0.25, -0.2) is 4.98 Å². The van der Waals surface area contributed by atoms with Crippen molar-refractivity contribution in [3.63, 3.8) is 0 Å². The number of nitrogens with one attached hydrogen (secondary N) is 2. The van der Waals surface area contributed by atoms with Gasteiger partial charge in [-0.2, -0.15) is 0 Å². The fraction of sp³-hybridized carbons (Fsp3) is 0.214. The lowest BCUT2D eigenvalue weighted by atomic mass is 10.2. The lowest BCUT2D eigenvalue weighted by Gasteiger charge is -2.07. The molecule has 2 rings (SSSR count). The molecule has 0 aliphatic carbocycles. The average molecular weight is 256 g/mol. The van der Waals surface area contributed by atoms with E-state index in [1.807, 2.05) is 25.1 Å². The first-order valence-corrected chi connectivity index (χ1v) is 6.03. The van der Waals surface area contributed by atoms with Gasteiger partial charge >= 0.3 is 0 Å². The minimum absolute atomic E-state index is 0.132. The first-order valence-electron chi connectivity index (χ1n) is 6.03. The number of hydrogen-bond acceptors (Lipinski definition) is 4. The molecule has 19 heavy (non-hydrogen) atoms. The predicted octanol–water partition coefficient (Wildman–Crippen LogP) is 1.76. The third-order valence-corrected chi connectivity index (χ3v) is 2.63.